The fraction of sp³-hybridized carbons (Fsp3) is 0.438. The third-order valence-electron chi connectivity index (χ3n) is 4.60. The predicted molar refractivity (Wildman–Crippen MR) is 77.9 cm³/mol. The van der Waals surface area contributed by atoms with Crippen molar-refractivity contribution in [3.63, 3.8) is 0 Å². The lowest BCUT2D eigenvalue weighted by Gasteiger charge is -2.33. The SMILES string of the molecule is CN(C)C1(C(=O)ON2C(=O)c3ccccc3C2=O)CCCC1. The summed E-state index contributed by atoms with van der Waals surface area (Å²) >= 11 is 0. The highest BCUT2D eigenvalue weighted by Gasteiger charge is 2.48. The quantitative estimate of drug-likeness (QED) is 0.794. The molecule has 3 rings (SSSR count). The molecule has 0 spiro atoms. The van der Waals surface area contributed by atoms with Crippen molar-refractivity contribution in [3.05, 3.63) is 35.4 Å². The summed E-state index contributed by atoms with van der Waals surface area (Å²) in [6.45, 7) is 0. The minimum absolute atomic E-state index is 0.269. The van der Waals surface area contributed by atoms with Gasteiger partial charge in [-0.1, -0.05) is 30.0 Å². The molecule has 1 fully saturated rings. The number of hydrogen-bond donors (Lipinski definition) is 0. The van der Waals surface area contributed by atoms with Gasteiger partial charge in [0.1, 0.15) is 5.54 Å². The topological polar surface area (TPSA) is 66.9 Å². The standard InChI is InChI=1S/C16H18N2O4/c1-17(2)16(9-5-6-10-16)15(21)22-18-13(19)11-7-3-4-8-12(11)14(18)20/h3-4,7-8H,5-6,9-10H2,1-2H3. The fourth-order valence-corrected chi connectivity index (χ4v) is 3.21. The van der Waals surface area contributed by atoms with Crippen molar-refractivity contribution in [3.8, 4) is 0 Å². The molecule has 1 heterocycles. The minimum atomic E-state index is -0.755. The first-order chi connectivity index (χ1) is 10.5. The van der Waals surface area contributed by atoms with Gasteiger partial charge < -0.3 is 4.84 Å². The zero-order valence-electron chi connectivity index (χ0n) is 12.7. The second-order valence-electron chi connectivity index (χ2n) is 5.96. The predicted octanol–water partition coefficient (Wildman–Crippen LogP) is 1.62. The molecule has 1 aliphatic carbocycles. The first-order valence-corrected chi connectivity index (χ1v) is 7.35. The van der Waals surface area contributed by atoms with Crippen LogP contribution in [0.25, 0.3) is 0 Å². The van der Waals surface area contributed by atoms with Crippen molar-refractivity contribution in [2.24, 2.45) is 0 Å². The van der Waals surface area contributed by atoms with E-state index in [2.05, 4.69) is 0 Å². The van der Waals surface area contributed by atoms with Gasteiger partial charge in [-0.2, -0.15) is 0 Å². The van der Waals surface area contributed by atoms with Crippen LogP contribution in [0.4, 0.5) is 0 Å². The second kappa shape index (κ2) is 5.21. The Hall–Kier alpha value is -2.21. The van der Waals surface area contributed by atoms with Crippen molar-refractivity contribution >= 4 is 17.8 Å². The van der Waals surface area contributed by atoms with E-state index in [-0.39, 0.29) is 11.1 Å². The van der Waals surface area contributed by atoms with Crippen molar-refractivity contribution < 1.29 is 19.2 Å². The number of fused-ring (bicyclic) bond motifs is 1. The molecule has 0 bridgehead atoms. The first-order valence-electron chi connectivity index (χ1n) is 7.35. The molecular weight excluding hydrogens is 284 g/mol. The van der Waals surface area contributed by atoms with Crippen molar-refractivity contribution in [2.45, 2.75) is 31.2 Å². The van der Waals surface area contributed by atoms with Crippen molar-refractivity contribution in [2.75, 3.05) is 14.1 Å². The lowest BCUT2D eigenvalue weighted by molar-refractivity contribution is -0.181. The van der Waals surface area contributed by atoms with Crippen LogP contribution in [-0.2, 0) is 9.63 Å². The third-order valence-corrected chi connectivity index (χ3v) is 4.60. The Morgan fingerprint density at radius 3 is 2.05 bits per heavy atom. The lowest BCUT2D eigenvalue weighted by atomic mass is 9.96. The summed E-state index contributed by atoms with van der Waals surface area (Å²) in [7, 11) is 3.63. The molecule has 22 heavy (non-hydrogen) atoms. The normalized spacial score (nSPS) is 19.7. The van der Waals surface area contributed by atoms with E-state index in [1.807, 2.05) is 19.0 Å². The first kappa shape index (κ1) is 14.7. The van der Waals surface area contributed by atoms with Crippen LogP contribution in [0, 0.1) is 0 Å². The molecule has 0 saturated heterocycles. The van der Waals surface area contributed by atoms with E-state index in [1.54, 1.807) is 24.3 Å². The maximum absolute atomic E-state index is 12.6. The Balaban J connectivity index is 1.84. The van der Waals surface area contributed by atoms with E-state index < -0.39 is 23.3 Å². The van der Waals surface area contributed by atoms with Crippen LogP contribution in [0.1, 0.15) is 46.4 Å². The summed E-state index contributed by atoms with van der Waals surface area (Å²) in [5, 5.41) is 0.594. The maximum atomic E-state index is 12.6. The molecule has 0 N–H and O–H groups in total. The average molecular weight is 302 g/mol. The van der Waals surface area contributed by atoms with Gasteiger partial charge in [-0.25, -0.2) is 4.79 Å². The van der Waals surface area contributed by atoms with E-state index in [4.69, 9.17) is 4.84 Å². The smallest absolute Gasteiger partial charge is 0.328 e. The highest BCUT2D eigenvalue weighted by Crippen LogP contribution is 2.36. The maximum Gasteiger partial charge on any atom is 0.353 e. The van der Waals surface area contributed by atoms with Crippen LogP contribution in [0.5, 0.6) is 0 Å². The van der Waals surface area contributed by atoms with Crippen LogP contribution >= 0.6 is 0 Å². The number of likely N-dealkylation sites (N-methyl/N-ethyl adjacent to an activating group) is 1. The number of amides is 2. The Kier molecular flexibility index (Phi) is 3.48. The summed E-state index contributed by atoms with van der Waals surface area (Å²) in [4.78, 5) is 44.1. The number of hydrogen-bond acceptors (Lipinski definition) is 5. The van der Waals surface area contributed by atoms with Gasteiger partial charge in [-0.3, -0.25) is 14.5 Å². The van der Waals surface area contributed by atoms with Gasteiger partial charge in [0.05, 0.1) is 11.1 Å². The summed E-state index contributed by atoms with van der Waals surface area (Å²) in [6, 6.07) is 6.46. The molecule has 0 unspecified atom stereocenters. The molecule has 0 radical (unpaired) electrons. The number of hydroxylamine groups is 2. The lowest BCUT2D eigenvalue weighted by Crippen LogP contribution is -2.52. The van der Waals surface area contributed by atoms with Gasteiger partial charge in [-0.05, 0) is 39.1 Å². The van der Waals surface area contributed by atoms with Gasteiger partial charge in [0.15, 0.2) is 0 Å². The summed E-state index contributed by atoms with van der Waals surface area (Å²) in [5.74, 6) is -1.70. The molecule has 116 valence electrons. The van der Waals surface area contributed by atoms with Gasteiger partial charge >= 0.3 is 5.97 Å². The molecule has 1 aromatic carbocycles. The Labute approximate surface area is 128 Å². The van der Waals surface area contributed by atoms with E-state index in [9.17, 15) is 14.4 Å². The highest BCUT2D eigenvalue weighted by atomic mass is 16.7. The molecule has 2 amide bonds. The Morgan fingerprint density at radius 1 is 1.09 bits per heavy atom. The summed E-state index contributed by atoms with van der Waals surface area (Å²) in [5.41, 5.74) is -0.216. The van der Waals surface area contributed by atoms with Crippen LogP contribution in [0.2, 0.25) is 0 Å². The van der Waals surface area contributed by atoms with Crippen LogP contribution in [-0.4, -0.2) is 47.4 Å². The van der Waals surface area contributed by atoms with Gasteiger partial charge in [0, 0.05) is 0 Å². The van der Waals surface area contributed by atoms with Crippen molar-refractivity contribution in [1.29, 1.82) is 0 Å². The van der Waals surface area contributed by atoms with Crippen LogP contribution in [0.3, 0.4) is 0 Å². The average Bonchev–Trinajstić information content (AvgIpc) is 3.09. The molecule has 1 saturated carbocycles. The number of imide groups is 1. The monoisotopic (exact) mass is 302 g/mol. The Morgan fingerprint density at radius 2 is 1.59 bits per heavy atom. The van der Waals surface area contributed by atoms with Gasteiger partial charge in [-0.15, -0.1) is 0 Å². The number of benzene rings is 1. The largest absolute Gasteiger partial charge is 0.353 e. The zero-order valence-corrected chi connectivity index (χ0v) is 12.7. The summed E-state index contributed by atoms with van der Waals surface area (Å²) in [6.07, 6.45) is 3.19. The van der Waals surface area contributed by atoms with Gasteiger partial charge in [0.2, 0.25) is 0 Å². The third kappa shape index (κ3) is 2.02. The molecule has 6 heteroatoms. The van der Waals surface area contributed by atoms with Crippen molar-refractivity contribution in [1.82, 2.24) is 9.96 Å². The Bertz CT molecular complexity index is 612. The number of nitrogens with zero attached hydrogens (tertiary/aromatic N) is 2. The molecule has 1 aliphatic heterocycles. The number of carbonyl (C=O) groups is 3. The van der Waals surface area contributed by atoms with E-state index in [0.29, 0.717) is 17.9 Å². The minimum Gasteiger partial charge on any atom is -0.328 e. The summed E-state index contributed by atoms with van der Waals surface area (Å²) < 4.78 is 0. The molecular formula is C16H18N2O4. The van der Waals surface area contributed by atoms with E-state index in [0.717, 1.165) is 12.8 Å². The van der Waals surface area contributed by atoms with E-state index in [1.165, 1.54) is 0 Å². The highest BCUT2D eigenvalue weighted by molar-refractivity contribution is 6.21. The molecule has 6 nitrogen and oxygen atoms in total. The van der Waals surface area contributed by atoms with Crippen LogP contribution < -0.4 is 0 Å². The zero-order chi connectivity index (χ0) is 15.9. The van der Waals surface area contributed by atoms with E-state index >= 15 is 0 Å². The molecule has 2 aliphatic rings. The van der Waals surface area contributed by atoms with Gasteiger partial charge in [0.25, 0.3) is 11.8 Å². The molecule has 0 aromatic heterocycles. The second-order valence-corrected chi connectivity index (χ2v) is 5.96. The fourth-order valence-electron chi connectivity index (χ4n) is 3.21. The van der Waals surface area contributed by atoms with Crippen LogP contribution in [0.15, 0.2) is 24.3 Å². The molecule has 0 atom stereocenters. The number of carbonyl (C=O) groups excluding carboxylic acids is 3. The number of rotatable bonds is 3. The molecule has 1 aromatic rings.